The lowest BCUT2D eigenvalue weighted by molar-refractivity contribution is -0.142. The lowest BCUT2D eigenvalue weighted by Gasteiger charge is -2.05. The summed E-state index contributed by atoms with van der Waals surface area (Å²) >= 11 is 0. The topological polar surface area (TPSA) is 81.4 Å². The first kappa shape index (κ1) is 14.2. The molecule has 0 aromatic heterocycles. The quantitative estimate of drug-likeness (QED) is 0.584. The second-order valence-electron chi connectivity index (χ2n) is 3.92. The minimum absolute atomic E-state index is 0.121. The fourth-order valence-corrected chi connectivity index (χ4v) is 1.40. The van der Waals surface area contributed by atoms with E-state index in [4.69, 9.17) is 10.5 Å². The zero-order valence-corrected chi connectivity index (χ0v) is 10.4. The summed E-state index contributed by atoms with van der Waals surface area (Å²) in [5, 5.41) is 2.66. The number of nitrogens with one attached hydrogen (secondary N) is 1. The van der Waals surface area contributed by atoms with Crippen LogP contribution in [0.4, 0.5) is 5.69 Å². The molecule has 0 saturated heterocycles. The third kappa shape index (κ3) is 5.45. The van der Waals surface area contributed by atoms with Gasteiger partial charge in [0.2, 0.25) is 5.91 Å². The zero-order valence-electron chi connectivity index (χ0n) is 10.4. The fourth-order valence-electron chi connectivity index (χ4n) is 1.40. The third-order valence-electron chi connectivity index (χ3n) is 2.23. The summed E-state index contributed by atoms with van der Waals surface area (Å²) in [7, 11) is 0. The molecule has 0 aliphatic heterocycles. The number of amides is 1. The first-order valence-corrected chi connectivity index (χ1v) is 5.84. The van der Waals surface area contributed by atoms with Crippen molar-refractivity contribution >= 4 is 17.6 Å². The van der Waals surface area contributed by atoms with Gasteiger partial charge in [-0.1, -0.05) is 12.1 Å². The van der Waals surface area contributed by atoms with Crippen molar-refractivity contribution in [1.82, 2.24) is 0 Å². The van der Waals surface area contributed by atoms with E-state index in [0.717, 1.165) is 5.56 Å². The molecule has 0 atom stereocenters. The molecule has 0 fully saturated rings. The van der Waals surface area contributed by atoms with Gasteiger partial charge in [-0.15, -0.1) is 0 Å². The molecule has 98 valence electrons. The molecular formula is C13H18N2O3. The number of carbonyl (C=O) groups excluding carboxylic acids is 2. The summed E-state index contributed by atoms with van der Waals surface area (Å²) in [5.74, 6) is -0.389. The average Bonchev–Trinajstić information content (AvgIpc) is 2.31. The van der Waals surface area contributed by atoms with Crippen LogP contribution in [0.25, 0.3) is 0 Å². The molecule has 1 aromatic rings. The van der Waals surface area contributed by atoms with Crippen molar-refractivity contribution in [3.63, 3.8) is 0 Å². The van der Waals surface area contributed by atoms with Crippen molar-refractivity contribution < 1.29 is 14.3 Å². The van der Waals surface area contributed by atoms with Gasteiger partial charge in [-0.2, -0.15) is 0 Å². The van der Waals surface area contributed by atoms with Crippen LogP contribution in [0, 0.1) is 0 Å². The highest BCUT2D eigenvalue weighted by atomic mass is 16.5. The van der Waals surface area contributed by atoms with E-state index in [1.807, 2.05) is 0 Å². The highest BCUT2D eigenvalue weighted by molar-refractivity contribution is 5.88. The van der Waals surface area contributed by atoms with Crippen molar-refractivity contribution in [2.75, 3.05) is 18.5 Å². The second kappa shape index (κ2) is 7.45. The molecular weight excluding hydrogens is 232 g/mol. The van der Waals surface area contributed by atoms with Gasteiger partial charge in [0.1, 0.15) is 0 Å². The minimum Gasteiger partial charge on any atom is -0.465 e. The number of esters is 1. The van der Waals surface area contributed by atoms with Crippen LogP contribution in [0.5, 0.6) is 0 Å². The molecule has 3 N–H and O–H groups in total. The Labute approximate surface area is 106 Å². The largest absolute Gasteiger partial charge is 0.465 e. The van der Waals surface area contributed by atoms with E-state index < -0.39 is 0 Å². The van der Waals surface area contributed by atoms with Gasteiger partial charge < -0.3 is 15.8 Å². The molecule has 0 spiro atoms. The Hall–Kier alpha value is -1.88. The molecule has 0 aliphatic rings. The van der Waals surface area contributed by atoms with Crippen LogP contribution in [-0.4, -0.2) is 25.0 Å². The van der Waals surface area contributed by atoms with Gasteiger partial charge in [0.15, 0.2) is 0 Å². The maximum Gasteiger partial charge on any atom is 0.310 e. The number of hydrogen-bond acceptors (Lipinski definition) is 4. The predicted molar refractivity (Wildman–Crippen MR) is 69.1 cm³/mol. The molecule has 0 unspecified atom stereocenters. The number of rotatable bonds is 6. The van der Waals surface area contributed by atoms with Gasteiger partial charge in [0, 0.05) is 12.6 Å². The summed E-state index contributed by atoms with van der Waals surface area (Å²) < 4.78 is 4.99. The standard InChI is InChI=1S/C13H18N2O3/c1-10(16)15-12-5-3-11(4-6-12)9-13(17)18-8-2-7-14/h3-6H,2,7-9,14H2,1H3,(H,15,16). The molecule has 0 bridgehead atoms. The Balaban J connectivity index is 2.43. The maximum atomic E-state index is 11.4. The van der Waals surface area contributed by atoms with Crippen LogP contribution < -0.4 is 11.1 Å². The summed E-state index contributed by atoms with van der Waals surface area (Å²) in [4.78, 5) is 22.2. The van der Waals surface area contributed by atoms with Gasteiger partial charge in [-0.05, 0) is 30.7 Å². The van der Waals surface area contributed by atoms with Crippen molar-refractivity contribution in [2.45, 2.75) is 19.8 Å². The highest BCUT2D eigenvalue weighted by Crippen LogP contribution is 2.10. The number of anilines is 1. The minimum atomic E-state index is -0.268. The smallest absolute Gasteiger partial charge is 0.310 e. The summed E-state index contributed by atoms with van der Waals surface area (Å²) in [5.41, 5.74) is 6.86. The summed E-state index contributed by atoms with van der Waals surface area (Å²) in [6.07, 6.45) is 0.901. The molecule has 0 aliphatic carbocycles. The number of nitrogens with two attached hydrogens (primary N) is 1. The maximum absolute atomic E-state index is 11.4. The van der Waals surface area contributed by atoms with E-state index >= 15 is 0 Å². The second-order valence-corrected chi connectivity index (χ2v) is 3.92. The molecule has 0 saturated carbocycles. The molecule has 5 heteroatoms. The van der Waals surface area contributed by atoms with Crippen LogP contribution in [0.3, 0.4) is 0 Å². The Morgan fingerprint density at radius 1 is 1.28 bits per heavy atom. The van der Waals surface area contributed by atoms with Crippen molar-refractivity contribution in [1.29, 1.82) is 0 Å². The monoisotopic (exact) mass is 250 g/mol. The number of benzene rings is 1. The van der Waals surface area contributed by atoms with E-state index in [1.54, 1.807) is 24.3 Å². The van der Waals surface area contributed by atoms with Crippen LogP contribution in [-0.2, 0) is 20.7 Å². The van der Waals surface area contributed by atoms with E-state index in [2.05, 4.69) is 5.32 Å². The van der Waals surface area contributed by atoms with E-state index in [0.29, 0.717) is 25.3 Å². The van der Waals surface area contributed by atoms with Gasteiger partial charge in [0.25, 0.3) is 0 Å². The van der Waals surface area contributed by atoms with E-state index in [-0.39, 0.29) is 18.3 Å². The van der Waals surface area contributed by atoms with Gasteiger partial charge in [-0.25, -0.2) is 0 Å². The lowest BCUT2D eigenvalue weighted by atomic mass is 10.1. The summed E-state index contributed by atoms with van der Waals surface area (Å²) in [6, 6.07) is 7.08. The fraction of sp³-hybridized carbons (Fsp3) is 0.385. The third-order valence-corrected chi connectivity index (χ3v) is 2.23. The highest BCUT2D eigenvalue weighted by Gasteiger charge is 2.04. The SMILES string of the molecule is CC(=O)Nc1ccc(CC(=O)OCCCN)cc1. The van der Waals surface area contributed by atoms with Crippen LogP contribution >= 0.6 is 0 Å². The van der Waals surface area contributed by atoms with Crippen molar-refractivity contribution in [3.8, 4) is 0 Å². The molecule has 1 amide bonds. The van der Waals surface area contributed by atoms with Crippen molar-refractivity contribution in [2.24, 2.45) is 5.73 Å². The van der Waals surface area contributed by atoms with Crippen LogP contribution in [0.2, 0.25) is 0 Å². The first-order valence-electron chi connectivity index (χ1n) is 5.84. The Morgan fingerprint density at radius 2 is 1.94 bits per heavy atom. The van der Waals surface area contributed by atoms with Crippen molar-refractivity contribution in [3.05, 3.63) is 29.8 Å². The predicted octanol–water partition coefficient (Wildman–Crippen LogP) is 1.08. The number of hydrogen-bond donors (Lipinski definition) is 2. The zero-order chi connectivity index (χ0) is 13.4. The normalized spacial score (nSPS) is 9.89. The Kier molecular flexibility index (Phi) is 5.87. The van der Waals surface area contributed by atoms with Gasteiger partial charge in [-0.3, -0.25) is 9.59 Å². The molecule has 18 heavy (non-hydrogen) atoms. The number of carbonyl (C=O) groups is 2. The summed E-state index contributed by atoms with van der Waals surface area (Å²) in [6.45, 7) is 2.32. The first-order chi connectivity index (χ1) is 8.61. The molecule has 5 nitrogen and oxygen atoms in total. The molecule has 0 heterocycles. The van der Waals surface area contributed by atoms with E-state index in [1.165, 1.54) is 6.92 Å². The number of ether oxygens (including phenoxy) is 1. The van der Waals surface area contributed by atoms with E-state index in [9.17, 15) is 9.59 Å². The molecule has 0 radical (unpaired) electrons. The Bertz CT molecular complexity index is 401. The average molecular weight is 250 g/mol. The van der Waals surface area contributed by atoms with Gasteiger partial charge >= 0.3 is 5.97 Å². The van der Waals surface area contributed by atoms with Gasteiger partial charge in [0.05, 0.1) is 13.0 Å². The molecule has 1 aromatic carbocycles. The van der Waals surface area contributed by atoms with Crippen LogP contribution in [0.1, 0.15) is 18.9 Å². The van der Waals surface area contributed by atoms with Crippen LogP contribution in [0.15, 0.2) is 24.3 Å². The molecule has 1 rings (SSSR count). The lowest BCUT2D eigenvalue weighted by Crippen LogP contribution is -2.12. The Morgan fingerprint density at radius 3 is 2.50 bits per heavy atom.